The molecule has 2 heterocycles. The first-order chi connectivity index (χ1) is 10.0. The van der Waals surface area contributed by atoms with Crippen LogP contribution in [-0.2, 0) is 14.3 Å². The van der Waals surface area contributed by atoms with E-state index in [4.69, 9.17) is 14.6 Å². The summed E-state index contributed by atoms with van der Waals surface area (Å²) in [5.41, 5.74) is 0. The number of morpholine rings is 2. The molecule has 122 valence electrons. The van der Waals surface area contributed by atoms with Crippen LogP contribution < -0.4 is 0 Å². The molecule has 6 nitrogen and oxygen atoms in total. The Balaban J connectivity index is 1.76. The predicted octanol–water partition coefficient (Wildman–Crippen LogP) is 0.519. The monoisotopic (exact) mass is 300 g/mol. The van der Waals surface area contributed by atoms with Crippen LogP contribution in [0.25, 0.3) is 0 Å². The van der Waals surface area contributed by atoms with Gasteiger partial charge in [-0.25, -0.2) is 0 Å². The molecule has 0 amide bonds. The van der Waals surface area contributed by atoms with E-state index in [0.29, 0.717) is 19.1 Å². The largest absolute Gasteiger partial charge is 0.481 e. The van der Waals surface area contributed by atoms with Crippen molar-refractivity contribution >= 4 is 5.97 Å². The summed E-state index contributed by atoms with van der Waals surface area (Å²) in [6, 6.07) is 0. The summed E-state index contributed by atoms with van der Waals surface area (Å²) in [7, 11) is 0. The molecule has 1 N–H and O–H groups in total. The van der Waals surface area contributed by atoms with Gasteiger partial charge in [0, 0.05) is 39.3 Å². The Hall–Kier alpha value is -0.690. The molecular formula is C15H28N2O4. The zero-order valence-corrected chi connectivity index (χ0v) is 13.2. The van der Waals surface area contributed by atoms with Gasteiger partial charge in [-0.3, -0.25) is 14.6 Å². The van der Waals surface area contributed by atoms with E-state index in [9.17, 15) is 4.79 Å². The van der Waals surface area contributed by atoms with Crippen LogP contribution in [0.5, 0.6) is 0 Å². The summed E-state index contributed by atoms with van der Waals surface area (Å²) in [4.78, 5) is 15.5. The molecule has 0 aromatic rings. The van der Waals surface area contributed by atoms with Crippen LogP contribution in [0.1, 0.15) is 20.3 Å². The quantitative estimate of drug-likeness (QED) is 0.771. The highest BCUT2D eigenvalue weighted by atomic mass is 16.5. The van der Waals surface area contributed by atoms with Crippen LogP contribution in [-0.4, -0.2) is 85.6 Å². The fraction of sp³-hybridized carbons (Fsp3) is 0.933. The molecule has 2 aliphatic heterocycles. The van der Waals surface area contributed by atoms with Crippen molar-refractivity contribution < 1.29 is 19.4 Å². The standard InChI is InChI=1S/C15H28N2O4/c1-12(2)8-16-3-6-21-14(10-16)11-17-4-5-20-13(9-17)7-15(18)19/h12-14H,3-11H2,1-2H3,(H,18,19). The molecule has 6 heteroatoms. The second-order valence-corrected chi connectivity index (χ2v) is 6.50. The number of carboxylic acids is 1. The lowest BCUT2D eigenvalue weighted by Crippen LogP contribution is -2.52. The second-order valence-electron chi connectivity index (χ2n) is 6.50. The van der Waals surface area contributed by atoms with Crippen molar-refractivity contribution in [1.82, 2.24) is 9.80 Å². The minimum Gasteiger partial charge on any atom is -0.481 e. The van der Waals surface area contributed by atoms with E-state index in [0.717, 1.165) is 39.3 Å². The third-order valence-corrected chi connectivity index (χ3v) is 3.93. The Labute approximate surface area is 127 Å². The fourth-order valence-corrected chi connectivity index (χ4v) is 3.13. The summed E-state index contributed by atoms with van der Waals surface area (Å²) in [5, 5.41) is 8.86. The molecule has 2 aliphatic rings. The number of rotatable bonds is 6. The molecule has 2 rings (SSSR count). The van der Waals surface area contributed by atoms with E-state index in [-0.39, 0.29) is 18.6 Å². The van der Waals surface area contributed by atoms with E-state index in [2.05, 4.69) is 23.6 Å². The van der Waals surface area contributed by atoms with Gasteiger partial charge in [-0.2, -0.15) is 0 Å². The number of aliphatic carboxylic acids is 1. The van der Waals surface area contributed by atoms with Gasteiger partial charge in [0.2, 0.25) is 0 Å². The molecule has 2 fully saturated rings. The maximum atomic E-state index is 10.8. The molecule has 0 spiro atoms. The third kappa shape index (κ3) is 5.90. The number of nitrogens with zero attached hydrogens (tertiary/aromatic N) is 2. The average Bonchev–Trinajstić information content (AvgIpc) is 2.37. The van der Waals surface area contributed by atoms with Gasteiger partial charge in [-0.05, 0) is 5.92 Å². The fourth-order valence-electron chi connectivity index (χ4n) is 3.13. The van der Waals surface area contributed by atoms with Crippen LogP contribution in [0.4, 0.5) is 0 Å². The summed E-state index contributed by atoms with van der Waals surface area (Å²) in [5.74, 6) is -0.119. The Bertz CT molecular complexity index is 338. The lowest BCUT2D eigenvalue weighted by Gasteiger charge is -2.38. The Morgan fingerprint density at radius 3 is 2.43 bits per heavy atom. The number of hydrogen-bond acceptors (Lipinski definition) is 5. The van der Waals surface area contributed by atoms with E-state index in [1.54, 1.807) is 0 Å². The first-order valence-electron chi connectivity index (χ1n) is 7.92. The topological polar surface area (TPSA) is 62.2 Å². The summed E-state index contributed by atoms with van der Waals surface area (Å²) >= 11 is 0. The Morgan fingerprint density at radius 2 is 1.76 bits per heavy atom. The molecule has 2 unspecified atom stereocenters. The zero-order chi connectivity index (χ0) is 15.2. The first-order valence-corrected chi connectivity index (χ1v) is 7.92. The molecule has 0 aliphatic carbocycles. The second kappa shape index (κ2) is 8.08. The van der Waals surface area contributed by atoms with E-state index >= 15 is 0 Å². The maximum absolute atomic E-state index is 10.8. The lowest BCUT2D eigenvalue weighted by atomic mass is 10.1. The maximum Gasteiger partial charge on any atom is 0.306 e. The van der Waals surface area contributed by atoms with Crippen molar-refractivity contribution in [2.45, 2.75) is 32.5 Å². The summed E-state index contributed by atoms with van der Waals surface area (Å²) in [6.07, 6.45) is 0.120. The van der Waals surface area contributed by atoms with E-state index in [1.807, 2.05) is 0 Å². The molecule has 0 saturated carbocycles. The molecule has 2 saturated heterocycles. The summed E-state index contributed by atoms with van der Waals surface area (Å²) in [6.45, 7) is 11.4. The molecule has 0 aromatic carbocycles. The average molecular weight is 300 g/mol. The van der Waals surface area contributed by atoms with Crippen LogP contribution in [0.15, 0.2) is 0 Å². The van der Waals surface area contributed by atoms with Gasteiger partial charge in [0.25, 0.3) is 0 Å². The zero-order valence-electron chi connectivity index (χ0n) is 13.2. The van der Waals surface area contributed by atoms with Crippen LogP contribution in [0.2, 0.25) is 0 Å². The molecule has 0 bridgehead atoms. The Kier molecular flexibility index (Phi) is 6.41. The van der Waals surface area contributed by atoms with Gasteiger partial charge < -0.3 is 14.6 Å². The van der Waals surface area contributed by atoms with Gasteiger partial charge in [0.1, 0.15) is 0 Å². The number of ether oxygens (including phenoxy) is 2. The van der Waals surface area contributed by atoms with Gasteiger partial charge in [0.05, 0.1) is 31.8 Å². The Morgan fingerprint density at radius 1 is 1.14 bits per heavy atom. The first kappa shape index (κ1) is 16.7. The van der Waals surface area contributed by atoms with Crippen molar-refractivity contribution in [2.24, 2.45) is 5.92 Å². The predicted molar refractivity (Wildman–Crippen MR) is 79.5 cm³/mol. The van der Waals surface area contributed by atoms with Crippen molar-refractivity contribution in [3.63, 3.8) is 0 Å². The van der Waals surface area contributed by atoms with Crippen LogP contribution >= 0.6 is 0 Å². The van der Waals surface area contributed by atoms with Gasteiger partial charge in [-0.1, -0.05) is 13.8 Å². The van der Waals surface area contributed by atoms with Gasteiger partial charge in [-0.15, -0.1) is 0 Å². The lowest BCUT2D eigenvalue weighted by molar-refractivity contribution is -0.142. The van der Waals surface area contributed by atoms with Crippen molar-refractivity contribution in [1.29, 1.82) is 0 Å². The minimum atomic E-state index is -0.793. The number of carbonyl (C=O) groups is 1. The highest BCUT2D eigenvalue weighted by Gasteiger charge is 2.27. The van der Waals surface area contributed by atoms with Crippen molar-refractivity contribution in [2.75, 3.05) is 52.5 Å². The van der Waals surface area contributed by atoms with Crippen molar-refractivity contribution in [3.05, 3.63) is 0 Å². The highest BCUT2D eigenvalue weighted by molar-refractivity contribution is 5.67. The summed E-state index contributed by atoms with van der Waals surface area (Å²) < 4.78 is 11.4. The molecule has 0 radical (unpaired) electrons. The van der Waals surface area contributed by atoms with Crippen LogP contribution in [0, 0.1) is 5.92 Å². The SMILES string of the molecule is CC(C)CN1CCOC(CN2CCOC(CC(=O)O)C2)C1. The van der Waals surface area contributed by atoms with E-state index in [1.165, 1.54) is 0 Å². The van der Waals surface area contributed by atoms with Crippen molar-refractivity contribution in [3.8, 4) is 0 Å². The third-order valence-electron chi connectivity index (χ3n) is 3.93. The normalized spacial score (nSPS) is 28.9. The van der Waals surface area contributed by atoms with Crippen LogP contribution in [0.3, 0.4) is 0 Å². The van der Waals surface area contributed by atoms with E-state index < -0.39 is 5.97 Å². The van der Waals surface area contributed by atoms with Gasteiger partial charge >= 0.3 is 5.97 Å². The molecule has 0 aromatic heterocycles. The molecular weight excluding hydrogens is 272 g/mol. The highest BCUT2D eigenvalue weighted by Crippen LogP contribution is 2.13. The smallest absolute Gasteiger partial charge is 0.306 e. The minimum absolute atomic E-state index is 0.0848. The molecule has 21 heavy (non-hydrogen) atoms. The number of hydrogen-bond donors (Lipinski definition) is 1. The molecule has 2 atom stereocenters. The number of carboxylic acid groups (broad SMARTS) is 1. The van der Waals surface area contributed by atoms with Gasteiger partial charge in [0.15, 0.2) is 0 Å².